The molecule has 2 aromatic rings. The van der Waals surface area contributed by atoms with Gasteiger partial charge in [-0.1, -0.05) is 17.3 Å². The first-order valence-electron chi connectivity index (χ1n) is 4.16. The Labute approximate surface area is 80.4 Å². The lowest BCUT2D eigenvalue weighted by molar-refractivity contribution is 0.229. The Morgan fingerprint density at radius 2 is 2.07 bits per heavy atom. The summed E-state index contributed by atoms with van der Waals surface area (Å²) in [6.45, 7) is -0.194. The molecule has 0 saturated heterocycles. The van der Waals surface area contributed by atoms with E-state index in [-0.39, 0.29) is 12.4 Å². The molecule has 0 amide bonds. The largest absolute Gasteiger partial charge is 0.507 e. The van der Waals surface area contributed by atoms with E-state index in [2.05, 4.69) is 5.16 Å². The van der Waals surface area contributed by atoms with Crippen LogP contribution in [-0.2, 0) is 6.61 Å². The second-order valence-electron chi connectivity index (χ2n) is 2.85. The van der Waals surface area contributed by atoms with Crippen molar-refractivity contribution in [1.29, 1.82) is 0 Å². The van der Waals surface area contributed by atoms with Crippen molar-refractivity contribution in [2.45, 2.75) is 6.61 Å². The van der Waals surface area contributed by atoms with Crippen LogP contribution in [0.15, 0.2) is 34.9 Å². The minimum atomic E-state index is -0.194. The average molecular weight is 191 g/mol. The summed E-state index contributed by atoms with van der Waals surface area (Å²) >= 11 is 0. The lowest BCUT2D eigenvalue weighted by Gasteiger charge is -1.97. The van der Waals surface area contributed by atoms with Gasteiger partial charge in [0.15, 0.2) is 5.76 Å². The summed E-state index contributed by atoms with van der Waals surface area (Å²) in [5, 5.41) is 22.0. The maximum atomic E-state index is 9.50. The highest BCUT2D eigenvalue weighted by Gasteiger charge is 2.08. The topological polar surface area (TPSA) is 66.5 Å². The van der Waals surface area contributed by atoms with Crippen molar-refractivity contribution in [3.8, 4) is 17.0 Å². The molecule has 4 nitrogen and oxygen atoms in total. The van der Waals surface area contributed by atoms with Gasteiger partial charge in [0.05, 0.1) is 0 Å². The summed E-state index contributed by atoms with van der Waals surface area (Å²) in [4.78, 5) is 0. The highest BCUT2D eigenvalue weighted by Crippen LogP contribution is 2.27. The minimum absolute atomic E-state index is 0.144. The maximum absolute atomic E-state index is 9.50. The first-order chi connectivity index (χ1) is 6.81. The molecule has 0 bridgehead atoms. The van der Waals surface area contributed by atoms with E-state index >= 15 is 0 Å². The number of hydrogen-bond donors (Lipinski definition) is 2. The van der Waals surface area contributed by atoms with Gasteiger partial charge in [-0.25, -0.2) is 0 Å². The smallest absolute Gasteiger partial charge is 0.162 e. The number of aliphatic hydroxyl groups is 1. The Hall–Kier alpha value is -1.81. The fraction of sp³-hybridized carbons (Fsp3) is 0.100. The predicted molar refractivity (Wildman–Crippen MR) is 49.5 cm³/mol. The molecule has 4 heteroatoms. The number of nitrogens with zero attached hydrogens (tertiary/aromatic N) is 1. The summed E-state index contributed by atoms with van der Waals surface area (Å²) in [5.41, 5.74) is 1.11. The third-order valence-corrected chi connectivity index (χ3v) is 1.89. The van der Waals surface area contributed by atoms with Crippen molar-refractivity contribution in [2.75, 3.05) is 0 Å². The van der Waals surface area contributed by atoms with E-state index in [1.54, 1.807) is 30.3 Å². The molecule has 0 aliphatic rings. The highest BCUT2D eigenvalue weighted by molar-refractivity contribution is 5.66. The molecule has 0 atom stereocenters. The Balaban J connectivity index is 2.44. The molecule has 2 rings (SSSR count). The van der Waals surface area contributed by atoms with Crippen molar-refractivity contribution in [2.24, 2.45) is 0 Å². The van der Waals surface area contributed by atoms with Crippen LogP contribution in [0.5, 0.6) is 5.75 Å². The molecule has 0 aliphatic heterocycles. The SMILES string of the molecule is OCc1cc(-c2ccccc2O)no1. The van der Waals surface area contributed by atoms with E-state index < -0.39 is 0 Å². The van der Waals surface area contributed by atoms with Gasteiger partial charge in [-0.15, -0.1) is 0 Å². The van der Waals surface area contributed by atoms with Crippen LogP contribution in [0.3, 0.4) is 0 Å². The first kappa shape index (κ1) is 8.77. The second kappa shape index (κ2) is 3.51. The zero-order valence-electron chi connectivity index (χ0n) is 7.34. The molecule has 0 spiro atoms. The molecule has 0 saturated carbocycles. The van der Waals surface area contributed by atoms with Crippen LogP contribution in [-0.4, -0.2) is 15.4 Å². The number of aromatic hydroxyl groups is 1. The number of benzene rings is 1. The summed E-state index contributed by atoms with van der Waals surface area (Å²) in [5.74, 6) is 0.522. The van der Waals surface area contributed by atoms with E-state index in [9.17, 15) is 5.11 Å². The van der Waals surface area contributed by atoms with E-state index in [0.29, 0.717) is 17.0 Å². The van der Waals surface area contributed by atoms with Crippen LogP contribution in [0.1, 0.15) is 5.76 Å². The van der Waals surface area contributed by atoms with E-state index in [1.807, 2.05) is 0 Å². The normalized spacial score (nSPS) is 10.4. The number of phenolic OH excluding ortho intramolecular Hbond substituents is 1. The number of phenols is 1. The van der Waals surface area contributed by atoms with Crippen molar-refractivity contribution < 1.29 is 14.7 Å². The maximum Gasteiger partial charge on any atom is 0.162 e. The monoisotopic (exact) mass is 191 g/mol. The zero-order valence-corrected chi connectivity index (χ0v) is 7.34. The second-order valence-corrected chi connectivity index (χ2v) is 2.85. The quantitative estimate of drug-likeness (QED) is 0.755. The molecule has 0 radical (unpaired) electrons. The first-order valence-corrected chi connectivity index (χ1v) is 4.16. The van der Waals surface area contributed by atoms with Gasteiger partial charge in [-0.2, -0.15) is 0 Å². The standard InChI is InChI=1S/C10H9NO3/c12-6-7-5-9(11-14-7)8-3-1-2-4-10(8)13/h1-5,12-13H,6H2. The lowest BCUT2D eigenvalue weighted by atomic mass is 10.1. The molecule has 72 valence electrons. The molecule has 1 heterocycles. The van der Waals surface area contributed by atoms with Crippen LogP contribution in [0.4, 0.5) is 0 Å². The third-order valence-electron chi connectivity index (χ3n) is 1.89. The molecule has 0 fully saturated rings. The third kappa shape index (κ3) is 1.47. The van der Waals surface area contributed by atoms with Crippen LogP contribution in [0.25, 0.3) is 11.3 Å². The van der Waals surface area contributed by atoms with Crippen molar-refractivity contribution in [3.63, 3.8) is 0 Å². The Morgan fingerprint density at radius 1 is 1.29 bits per heavy atom. The number of para-hydroxylation sites is 1. The Kier molecular flexibility index (Phi) is 2.20. The van der Waals surface area contributed by atoms with Gasteiger partial charge >= 0.3 is 0 Å². The van der Waals surface area contributed by atoms with Crippen LogP contribution < -0.4 is 0 Å². The van der Waals surface area contributed by atoms with Gasteiger partial charge in [0.1, 0.15) is 18.1 Å². The average Bonchev–Trinajstić information content (AvgIpc) is 2.67. The molecule has 1 aromatic carbocycles. The van der Waals surface area contributed by atoms with E-state index in [4.69, 9.17) is 9.63 Å². The predicted octanol–water partition coefficient (Wildman–Crippen LogP) is 1.54. The summed E-state index contributed by atoms with van der Waals surface area (Å²) < 4.78 is 4.81. The highest BCUT2D eigenvalue weighted by atomic mass is 16.5. The van der Waals surface area contributed by atoms with Crippen LogP contribution in [0.2, 0.25) is 0 Å². The summed E-state index contributed by atoms with van der Waals surface area (Å²) in [6.07, 6.45) is 0. The van der Waals surface area contributed by atoms with Crippen LogP contribution in [0, 0.1) is 0 Å². The van der Waals surface area contributed by atoms with Gasteiger partial charge in [0, 0.05) is 11.6 Å². The molecule has 1 aromatic heterocycles. The Bertz CT molecular complexity index is 436. The van der Waals surface area contributed by atoms with Gasteiger partial charge in [0.25, 0.3) is 0 Å². The number of aliphatic hydroxyl groups excluding tert-OH is 1. The summed E-state index contributed by atoms with van der Waals surface area (Å²) in [6, 6.07) is 8.42. The van der Waals surface area contributed by atoms with E-state index in [0.717, 1.165) is 0 Å². The van der Waals surface area contributed by atoms with Gasteiger partial charge < -0.3 is 14.7 Å². The number of rotatable bonds is 2. The van der Waals surface area contributed by atoms with Crippen LogP contribution >= 0.6 is 0 Å². The van der Waals surface area contributed by atoms with Crippen molar-refractivity contribution >= 4 is 0 Å². The van der Waals surface area contributed by atoms with Gasteiger partial charge in [-0.3, -0.25) is 0 Å². The van der Waals surface area contributed by atoms with Crippen molar-refractivity contribution in [3.05, 3.63) is 36.1 Å². The lowest BCUT2D eigenvalue weighted by Crippen LogP contribution is -1.77. The zero-order chi connectivity index (χ0) is 9.97. The van der Waals surface area contributed by atoms with Crippen molar-refractivity contribution in [1.82, 2.24) is 5.16 Å². The van der Waals surface area contributed by atoms with Gasteiger partial charge in [-0.05, 0) is 12.1 Å². The fourth-order valence-electron chi connectivity index (χ4n) is 1.20. The molecule has 2 N–H and O–H groups in total. The molecular weight excluding hydrogens is 182 g/mol. The Morgan fingerprint density at radius 3 is 2.71 bits per heavy atom. The molecule has 0 aliphatic carbocycles. The fourth-order valence-corrected chi connectivity index (χ4v) is 1.20. The number of aromatic nitrogens is 1. The molecule has 0 unspecified atom stereocenters. The minimum Gasteiger partial charge on any atom is -0.507 e. The molecule has 14 heavy (non-hydrogen) atoms. The molecular formula is C10H9NO3. The van der Waals surface area contributed by atoms with Gasteiger partial charge in [0.2, 0.25) is 0 Å². The number of hydrogen-bond acceptors (Lipinski definition) is 4. The van der Waals surface area contributed by atoms with E-state index in [1.165, 1.54) is 0 Å². The summed E-state index contributed by atoms with van der Waals surface area (Å²) in [7, 11) is 0.